The van der Waals surface area contributed by atoms with Gasteiger partial charge in [-0.25, -0.2) is 14.4 Å². The summed E-state index contributed by atoms with van der Waals surface area (Å²) < 4.78 is 19.2. The SMILES string of the molecule is O=[N+]([O-])c1cnc(N2CCCC(Oc3ncccc3F)C2)s1. The smallest absolute Gasteiger partial charge is 0.345 e. The van der Waals surface area contributed by atoms with E-state index < -0.39 is 10.7 Å². The van der Waals surface area contributed by atoms with E-state index in [2.05, 4.69) is 9.97 Å². The number of ether oxygens (including phenoxy) is 1. The van der Waals surface area contributed by atoms with E-state index in [1.54, 1.807) is 0 Å². The standard InChI is InChI=1S/C13H13FN4O3S/c14-10-4-1-5-15-12(10)21-9-3-2-6-17(8-9)13-16-7-11(22-13)18(19)20/h1,4-5,7,9H,2-3,6,8H2. The highest BCUT2D eigenvalue weighted by Gasteiger charge is 2.26. The van der Waals surface area contributed by atoms with Crippen molar-refractivity contribution in [2.45, 2.75) is 18.9 Å². The summed E-state index contributed by atoms with van der Waals surface area (Å²) in [5, 5.41) is 11.3. The second kappa shape index (κ2) is 6.22. The molecule has 3 heterocycles. The predicted octanol–water partition coefficient (Wildman–Crippen LogP) is 2.63. The molecule has 7 nitrogen and oxygen atoms in total. The molecule has 9 heteroatoms. The number of rotatable bonds is 4. The molecular formula is C13H13FN4O3S. The number of anilines is 1. The van der Waals surface area contributed by atoms with Gasteiger partial charge in [0.2, 0.25) is 0 Å². The molecular weight excluding hydrogens is 311 g/mol. The summed E-state index contributed by atoms with van der Waals surface area (Å²) in [7, 11) is 0. The van der Waals surface area contributed by atoms with Crippen molar-refractivity contribution in [2.75, 3.05) is 18.0 Å². The molecule has 0 radical (unpaired) electrons. The van der Waals surface area contributed by atoms with Crippen LogP contribution in [0.3, 0.4) is 0 Å². The normalized spacial score (nSPS) is 18.2. The molecule has 0 amide bonds. The number of hydrogen-bond acceptors (Lipinski definition) is 7. The van der Waals surface area contributed by atoms with Crippen LogP contribution in [0.2, 0.25) is 0 Å². The maximum Gasteiger partial charge on any atom is 0.345 e. The highest BCUT2D eigenvalue weighted by molar-refractivity contribution is 7.18. The van der Waals surface area contributed by atoms with Gasteiger partial charge < -0.3 is 9.64 Å². The predicted molar refractivity (Wildman–Crippen MR) is 78.8 cm³/mol. The van der Waals surface area contributed by atoms with E-state index in [1.807, 2.05) is 4.90 Å². The van der Waals surface area contributed by atoms with Gasteiger partial charge >= 0.3 is 5.00 Å². The first-order valence-corrected chi connectivity index (χ1v) is 7.57. The van der Waals surface area contributed by atoms with Crippen LogP contribution in [0.25, 0.3) is 0 Å². The van der Waals surface area contributed by atoms with Gasteiger partial charge in [-0.1, -0.05) is 0 Å². The van der Waals surface area contributed by atoms with Gasteiger partial charge in [-0.15, -0.1) is 0 Å². The second-order valence-corrected chi connectivity index (χ2v) is 5.84. The minimum atomic E-state index is -0.496. The molecule has 0 saturated carbocycles. The van der Waals surface area contributed by atoms with Crippen LogP contribution in [0.4, 0.5) is 14.5 Å². The third-order valence-electron chi connectivity index (χ3n) is 3.31. The maximum absolute atomic E-state index is 13.6. The fourth-order valence-corrected chi connectivity index (χ4v) is 3.08. The number of piperidine rings is 1. The third kappa shape index (κ3) is 3.14. The fourth-order valence-electron chi connectivity index (χ4n) is 2.31. The zero-order chi connectivity index (χ0) is 15.5. The highest BCUT2D eigenvalue weighted by Crippen LogP contribution is 2.30. The molecule has 0 spiro atoms. The van der Waals surface area contributed by atoms with E-state index in [1.165, 1.54) is 24.5 Å². The van der Waals surface area contributed by atoms with Crippen LogP contribution < -0.4 is 9.64 Å². The Balaban J connectivity index is 1.68. The molecule has 0 N–H and O–H groups in total. The first kappa shape index (κ1) is 14.6. The van der Waals surface area contributed by atoms with Crippen molar-refractivity contribution < 1.29 is 14.1 Å². The lowest BCUT2D eigenvalue weighted by Crippen LogP contribution is -2.41. The van der Waals surface area contributed by atoms with Gasteiger partial charge in [-0.05, 0) is 36.3 Å². The Morgan fingerprint density at radius 3 is 3.09 bits per heavy atom. The van der Waals surface area contributed by atoms with Crippen molar-refractivity contribution >= 4 is 21.5 Å². The number of thiazole rings is 1. The van der Waals surface area contributed by atoms with Crippen molar-refractivity contribution in [1.82, 2.24) is 9.97 Å². The van der Waals surface area contributed by atoms with Crippen LogP contribution in [0.5, 0.6) is 5.88 Å². The summed E-state index contributed by atoms with van der Waals surface area (Å²) >= 11 is 1.03. The van der Waals surface area contributed by atoms with E-state index in [0.717, 1.165) is 30.7 Å². The number of hydrogen-bond donors (Lipinski definition) is 0. The lowest BCUT2D eigenvalue weighted by Gasteiger charge is -2.32. The van der Waals surface area contributed by atoms with E-state index >= 15 is 0 Å². The van der Waals surface area contributed by atoms with E-state index in [4.69, 9.17) is 4.74 Å². The van der Waals surface area contributed by atoms with E-state index in [9.17, 15) is 14.5 Å². The summed E-state index contributed by atoms with van der Waals surface area (Å²) in [5.74, 6) is -0.510. The molecule has 116 valence electrons. The Hall–Kier alpha value is -2.29. The highest BCUT2D eigenvalue weighted by atomic mass is 32.1. The number of aromatic nitrogens is 2. The Morgan fingerprint density at radius 1 is 1.50 bits per heavy atom. The molecule has 0 aromatic carbocycles. The summed E-state index contributed by atoms with van der Waals surface area (Å²) in [5.41, 5.74) is 0. The maximum atomic E-state index is 13.6. The molecule has 1 atom stereocenters. The molecule has 0 aliphatic carbocycles. The van der Waals surface area contributed by atoms with E-state index in [-0.39, 0.29) is 17.0 Å². The molecule has 0 bridgehead atoms. The van der Waals surface area contributed by atoms with Crippen molar-refractivity contribution in [1.29, 1.82) is 0 Å². The van der Waals surface area contributed by atoms with Gasteiger partial charge in [-0.3, -0.25) is 10.1 Å². The van der Waals surface area contributed by atoms with Crippen LogP contribution in [0.1, 0.15) is 12.8 Å². The van der Waals surface area contributed by atoms with E-state index in [0.29, 0.717) is 11.7 Å². The second-order valence-electron chi connectivity index (χ2n) is 4.86. The minimum Gasteiger partial charge on any atom is -0.470 e. The average Bonchev–Trinajstić information content (AvgIpc) is 3.00. The third-order valence-corrected chi connectivity index (χ3v) is 4.32. The van der Waals surface area contributed by atoms with Crippen LogP contribution in [-0.2, 0) is 0 Å². The Bertz CT molecular complexity index is 681. The Kier molecular flexibility index (Phi) is 4.14. The Morgan fingerprint density at radius 2 is 2.36 bits per heavy atom. The van der Waals surface area contributed by atoms with Crippen LogP contribution in [0, 0.1) is 15.9 Å². The minimum absolute atomic E-state index is 0.00816. The van der Waals surface area contributed by atoms with Gasteiger partial charge in [0.25, 0.3) is 5.88 Å². The molecule has 1 unspecified atom stereocenters. The number of halogens is 1. The first-order valence-electron chi connectivity index (χ1n) is 6.76. The fraction of sp³-hybridized carbons (Fsp3) is 0.385. The summed E-state index contributed by atoms with van der Waals surface area (Å²) in [6.45, 7) is 1.25. The van der Waals surface area contributed by atoms with Crippen molar-refractivity contribution in [3.63, 3.8) is 0 Å². The average molecular weight is 324 g/mol. The molecule has 2 aromatic heterocycles. The number of nitro groups is 1. The van der Waals surface area contributed by atoms with Crippen LogP contribution in [-0.4, -0.2) is 34.1 Å². The lowest BCUT2D eigenvalue weighted by atomic mass is 10.1. The number of nitrogens with zero attached hydrogens (tertiary/aromatic N) is 4. The van der Waals surface area contributed by atoms with Crippen LogP contribution >= 0.6 is 11.3 Å². The molecule has 1 aliphatic heterocycles. The Labute approximate surface area is 129 Å². The molecule has 2 aromatic rings. The van der Waals surface area contributed by atoms with Crippen molar-refractivity contribution in [3.05, 3.63) is 40.5 Å². The zero-order valence-electron chi connectivity index (χ0n) is 11.5. The van der Waals surface area contributed by atoms with Gasteiger partial charge in [-0.2, -0.15) is 0 Å². The molecule has 1 saturated heterocycles. The quantitative estimate of drug-likeness (QED) is 0.635. The topological polar surface area (TPSA) is 81.4 Å². The largest absolute Gasteiger partial charge is 0.470 e. The van der Waals surface area contributed by atoms with Crippen molar-refractivity contribution in [2.24, 2.45) is 0 Å². The van der Waals surface area contributed by atoms with Gasteiger partial charge in [0.15, 0.2) is 10.9 Å². The van der Waals surface area contributed by atoms with Crippen LogP contribution in [0.15, 0.2) is 24.5 Å². The molecule has 1 fully saturated rings. The summed E-state index contributed by atoms with van der Waals surface area (Å²) in [4.78, 5) is 20.1. The van der Waals surface area contributed by atoms with Gasteiger partial charge in [0.05, 0.1) is 11.5 Å². The van der Waals surface area contributed by atoms with Gasteiger partial charge in [0, 0.05) is 12.7 Å². The monoisotopic (exact) mass is 324 g/mol. The molecule has 3 rings (SSSR count). The van der Waals surface area contributed by atoms with Gasteiger partial charge in [0.1, 0.15) is 12.3 Å². The molecule has 1 aliphatic rings. The zero-order valence-corrected chi connectivity index (χ0v) is 12.3. The summed E-state index contributed by atoms with van der Waals surface area (Å²) in [6.07, 6.45) is 4.12. The molecule has 22 heavy (non-hydrogen) atoms. The summed E-state index contributed by atoms with van der Waals surface area (Å²) in [6, 6.07) is 2.80. The first-order chi connectivity index (χ1) is 10.6. The lowest BCUT2D eigenvalue weighted by molar-refractivity contribution is -0.380. The van der Waals surface area contributed by atoms with Crippen molar-refractivity contribution in [3.8, 4) is 5.88 Å². The number of pyridine rings is 1.